The average Bonchev–Trinajstić information content (AvgIpc) is 2.40. The highest BCUT2D eigenvalue weighted by atomic mass is 14.7. The summed E-state index contributed by atoms with van der Waals surface area (Å²) in [5.74, 6) is 0. The molecule has 0 atom stereocenters. The Balaban J connectivity index is 2.46. The molecule has 17 heavy (non-hydrogen) atoms. The molecule has 0 amide bonds. The molecule has 1 heteroatoms. The predicted molar refractivity (Wildman–Crippen MR) is 73.0 cm³/mol. The molecule has 1 heterocycles. The molecule has 0 saturated carbocycles. The first kappa shape index (κ1) is 11.8. The van der Waals surface area contributed by atoms with E-state index in [4.69, 9.17) is 0 Å². The van der Waals surface area contributed by atoms with Gasteiger partial charge in [0.2, 0.25) is 0 Å². The normalized spacial score (nSPS) is 10.5. The van der Waals surface area contributed by atoms with E-state index in [2.05, 4.69) is 43.1 Å². The van der Waals surface area contributed by atoms with Crippen molar-refractivity contribution in [3.8, 4) is 11.3 Å². The molecule has 1 aromatic carbocycles. The molecule has 2 rings (SSSR count). The molecule has 0 unspecified atom stereocenters. The van der Waals surface area contributed by atoms with Gasteiger partial charge in [0, 0.05) is 11.8 Å². The van der Waals surface area contributed by atoms with Gasteiger partial charge in [-0.1, -0.05) is 38.5 Å². The van der Waals surface area contributed by atoms with Crippen molar-refractivity contribution in [2.24, 2.45) is 0 Å². The van der Waals surface area contributed by atoms with Gasteiger partial charge in [0.25, 0.3) is 0 Å². The first-order valence-electron chi connectivity index (χ1n) is 6.38. The summed E-state index contributed by atoms with van der Waals surface area (Å²) in [5, 5.41) is 0. The molecule has 0 N–H and O–H groups in total. The third-order valence-corrected chi connectivity index (χ3v) is 3.03. The maximum absolute atomic E-state index is 4.46. The summed E-state index contributed by atoms with van der Waals surface area (Å²) in [7, 11) is 0. The highest BCUT2D eigenvalue weighted by molar-refractivity contribution is 5.64. The Labute approximate surface area is 104 Å². The van der Waals surface area contributed by atoms with Crippen molar-refractivity contribution in [3.05, 3.63) is 53.7 Å². The smallest absolute Gasteiger partial charge is 0.0704 e. The number of hydrogen-bond acceptors (Lipinski definition) is 1. The van der Waals surface area contributed by atoms with E-state index in [-0.39, 0.29) is 0 Å². The van der Waals surface area contributed by atoms with E-state index in [1.807, 2.05) is 18.3 Å². The Morgan fingerprint density at radius 3 is 2.59 bits per heavy atom. The fourth-order valence-corrected chi connectivity index (χ4v) is 2.14. The van der Waals surface area contributed by atoms with Crippen LogP contribution in [0.5, 0.6) is 0 Å². The van der Waals surface area contributed by atoms with Crippen LogP contribution in [0.2, 0.25) is 0 Å². The van der Waals surface area contributed by atoms with Gasteiger partial charge in [0.15, 0.2) is 0 Å². The van der Waals surface area contributed by atoms with Crippen LogP contribution in [0.25, 0.3) is 11.3 Å². The summed E-state index contributed by atoms with van der Waals surface area (Å²) in [4.78, 5) is 4.46. The van der Waals surface area contributed by atoms with Crippen LogP contribution in [0.4, 0.5) is 0 Å². The number of nitrogens with zero attached hydrogens (tertiary/aromatic N) is 1. The Morgan fingerprint density at radius 1 is 1.06 bits per heavy atom. The van der Waals surface area contributed by atoms with E-state index in [0.717, 1.165) is 18.5 Å². The molecule has 0 spiro atoms. The van der Waals surface area contributed by atoms with Crippen LogP contribution in [0.1, 0.15) is 31.4 Å². The van der Waals surface area contributed by atoms with Crippen LogP contribution >= 0.6 is 0 Å². The number of rotatable bonds is 4. The maximum atomic E-state index is 4.46. The number of aromatic nitrogens is 1. The predicted octanol–water partition coefficient (Wildman–Crippen LogP) is 4.26. The van der Waals surface area contributed by atoms with Crippen LogP contribution in [-0.4, -0.2) is 4.98 Å². The number of benzene rings is 1. The Kier molecular flexibility index (Phi) is 3.92. The summed E-state index contributed by atoms with van der Waals surface area (Å²) < 4.78 is 0. The fraction of sp³-hybridized carbons (Fsp3) is 0.312. The number of hydrogen-bond donors (Lipinski definition) is 0. The van der Waals surface area contributed by atoms with Gasteiger partial charge in [-0.15, -0.1) is 0 Å². The molecule has 88 valence electrons. The molecule has 0 aliphatic carbocycles. The van der Waals surface area contributed by atoms with Gasteiger partial charge < -0.3 is 0 Å². The summed E-state index contributed by atoms with van der Waals surface area (Å²) in [6, 6.07) is 12.9. The third-order valence-electron chi connectivity index (χ3n) is 3.03. The first-order valence-corrected chi connectivity index (χ1v) is 6.38. The second-order valence-electron chi connectivity index (χ2n) is 4.31. The lowest BCUT2D eigenvalue weighted by Gasteiger charge is -2.09. The summed E-state index contributed by atoms with van der Waals surface area (Å²) >= 11 is 0. The molecule has 0 aliphatic rings. The minimum Gasteiger partial charge on any atom is -0.256 e. The lowest BCUT2D eigenvalue weighted by molar-refractivity contribution is 0.920. The SMILES string of the molecule is CCCc1ccc(CC)c(-c2ccccn2)c1. The second kappa shape index (κ2) is 5.62. The quantitative estimate of drug-likeness (QED) is 0.757. The lowest BCUT2D eigenvalue weighted by Crippen LogP contribution is -1.93. The van der Waals surface area contributed by atoms with E-state index in [1.54, 1.807) is 0 Å². The van der Waals surface area contributed by atoms with Crippen LogP contribution in [0.3, 0.4) is 0 Å². The van der Waals surface area contributed by atoms with Crippen molar-refractivity contribution in [2.75, 3.05) is 0 Å². The zero-order valence-corrected chi connectivity index (χ0v) is 10.6. The standard InChI is InChI=1S/C16H19N/c1-3-7-13-9-10-14(4-2)15(12-13)16-8-5-6-11-17-16/h5-6,8-12H,3-4,7H2,1-2H3. The summed E-state index contributed by atoms with van der Waals surface area (Å²) in [5.41, 5.74) is 5.16. The highest BCUT2D eigenvalue weighted by Gasteiger charge is 2.05. The zero-order valence-electron chi connectivity index (χ0n) is 10.6. The van der Waals surface area contributed by atoms with Gasteiger partial charge in [-0.25, -0.2) is 0 Å². The van der Waals surface area contributed by atoms with Gasteiger partial charge in [0.05, 0.1) is 5.69 Å². The van der Waals surface area contributed by atoms with E-state index < -0.39 is 0 Å². The summed E-state index contributed by atoms with van der Waals surface area (Å²) in [6.45, 7) is 4.41. The first-order chi connectivity index (χ1) is 8.35. The molecule has 0 fully saturated rings. The Morgan fingerprint density at radius 2 is 1.94 bits per heavy atom. The Hall–Kier alpha value is -1.63. The molecule has 0 aliphatic heterocycles. The van der Waals surface area contributed by atoms with Gasteiger partial charge in [-0.05, 0) is 42.2 Å². The van der Waals surface area contributed by atoms with Crippen molar-refractivity contribution in [3.63, 3.8) is 0 Å². The molecule has 0 radical (unpaired) electrons. The van der Waals surface area contributed by atoms with Crippen molar-refractivity contribution < 1.29 is 0 Å². The topological polar surface area (TPSA) is 12.9 Å². The minimum absolute atomic E-state index is 1.05. The van der Waals surface area contributed by atoms with Crippen LogP contribution in [-0.2, 0) is 12.8 Å². The van der Waals surface area contributed by atoms with E-state index >= 15 is 0 Å². The van der Waals surface area contributed by atoms with Crippen molar-refractivity contribution >= 4 is 0 Å². The summed E-state index contributed by atoms with van der Waals surface area (Å²) in [6.07, 6.45) is 5.25. The zero-order chi connectivity index (χ0) is 12.1. The van der Waals surface area contributed by atoms with Crippen LogP contribution < -0.4 is 0 Å². The fourth-order valence-electron chi connectivity index (χ4n) is 2.14. The van der Waals surface area contributed by atoms with Gasteiger partial charge in [-0.2, -0.15) is 0 Å². The van der Waals surface area contributed by atoms with Gasteiger partial charge in [0.1, 0.15) is 0 Å². The molecular formula is C16H19N. The largest absolute Gasteiger partial charge is 0.256 e. The molecule has 0 bridgehead atoms. The van der Waals surface area contributed by atoms with E-state index in [0.29, 0.717) is 0 Å². The molecule has 1 aromatic heterocycles. The van der Waals surface area contributed by atoms with Gasteiger partial charge >= 0.3 is 0 Å². The van der Waals surface area contributed by atoms with Crippen LogP contribution in [0.15, 0.2) is 42.6 Å². The monoisotopic (exact) mass is 225 g/mol. The third kappa shape index (κ3) is 2.73. The molecule has 1 nitrogen and oxygen atoms in total. The van der Waals surface area contributed by atoms with Crippen molar-refractivity contribution in [1.82, 2.24) is 4.98 Å². The lowest BCUT2D eigenvalue weighted by atomic mass is 9.97. The molecule has 0 saturated heterocycles. The van der Waals surface area contributed by atoms with E-state index in [1.165, 1.54) is 23.1 Å². The minimum atomic E-state index is 1.05. The van der Waals surface area contributed by atoms with Gasteiger partial charge in [-0.3, -0.25) is 4.98 Å². The van der Waals surface area contributed by atoms with Crippen molar-refractivity contribution in [2.45, 2.75) is 33.1 Å². The Bertz CT molecular complexity index is 474. The average molecular weight is 225 g/mol. The van der Waals surface area contributed by atoms with Crippen LogP contribution in [0, 0.1) is 0 Å². The second-order valence-corrected chi connectivity index (χ2v) is 4.31. The maximum Gasteiger partial charge on any atom is 0.0704 e. The highest BCUT2D eigenvalue weighted by Crippen LogP contribution is 2.24. The number of pyridine rings is 1. The number of aryl methyl sites for hydroxylation is 2. The van der Waals surface area contributed by atoms with E-state index in [9.17, 15) is 0 Å². The molecular weight excluding hydrogens is 206 g/mol. The molecule has 2 aromatic rings. The van der Waals surface area contributed by atoms with Crippen molar-refractivity contribution in [1.29, 1.82) is 0 Å².